The highest BCUT2D eigenvalue weighted by molar-refractivity contribution is 7.09. The van der Waals surface area contributed by atoms with Gasteiger partial charge in [0.25, 0.3) is 0 Å². The molecule has 164 valence electrons. The lowest BCUT2D eigenvalue weighted by molar-refractivity contribution is 0.458. The largest absolute Gasteiger partial charge is 0.469 e. The minimum absolute atomic E-state index is 0.414. The van der Waals surface area contributed by atoms with Gasteiger partial charge in [0, 0.05) is 55.6 Å². The number of rotatable bonds is 8. The van der Waals surface area contributed by atoms with Gasteiger partial charge >= 0.3 is 0 Å². The van der Waals surface area contributed by atoms with Crippen molar-refractivity contribution in [1.29, 1.82) is 0 Å². The van der Waals surface area contributed by atoms with E-state index < -0.39 is 0 Å². The van der Waals surface area contributed by atoms with Crippen molar-refractivity contribution in [1.82, 2.24) is 15.6 Å². The van der Waals surface area contributed by atoms with Crippen molar-refractivity contribution >= 4 is 23.1 Å². The van der Waals surface area contributed by atoms with E-state index in [0.717, 1.165) is 75.1 Å². The number of thiophene rings is 1. The zero-order valence-electron chi connectivity index (χ0n) is 18.1. The number of aromatic nitrogens is 1. The predicted molar refractivity (Wildman–Crippen MR) is 128 cm³/mol. The van der Waals surface area contributed by atoms with Crippen LogP contribution in [0.25, 0.3) is 0 Å². The predicted octanol–water partition coefficient (Wildman–Crippen LogP) is 4.03. The van der Waals surface area contributed by atoms with Crippen LogP contribution in [0.4, 0.5) is 5.82 Å². The molecule has 1 saturated heterocycles. The molecular formula is C24H31N5OS. The van der Waals surface area contributed by atoms with Crippen molar-refractivity contribution in [3.8, 4) is 0 Å². The van der Waals surface area contributed by atoms with E-state index in [0.29, 0.717) is 6.04 Å². The fourth-order valence-corrected chi connectivity index (χ4v) is 4.49. The molecule has 0 amide bonds. The van der Waals surface area contributed by atoms with Crippen LogP contribution >= 0.6 is 11.3 Å². The standard InChI is InChI=1S/C24H31N5OS/c1-19-5-2-8-23(27-19)29-15-11-20(12-16-29)28-24(25-13-9-21-6-3-17-30-21)26-14-10-22-7-4-18-31-22/h2-8,17-18,20H,9-16H2,1H3,(H2,25,26,28). The molecule has 4 rings (SSSR count). The fourth-order valence-electron chi connectivity index (χ4n) is 3.80. The number of nitrogens with zero attached hydrogens (tertiary/aromatic N) is 3. The van der Waals surface area contributed by atoms with Gasteiger partial charge in [0.15, 0.2) is 5.96 Å². The maximum atomic E-state index is 5.45. The fraction of sp³-hybridized carbons (Fsp3) is 0.417. The van der Waals surface area contributed by atoms with Crippen LogP contribution in [0.1, 0.15) is 29.2 Å². The molecule has 2 N–H and O–H groups in total. The normalized spacial score (nSPS) is 15.3. The summed E-state index contributed by atoms with van der Waals surface area (Å²) in [6.07, 6.45) is 5.68. The zero-order chi connectivity index (χ0) is 21.3. The highest BCUT2D eigenvalue weighted by Crippen LogP contribution is 2.18. The summed E-state index contributed by atoms with van der Waals surface area (Å²) in [4.78, 5) is 13.3. The van der Waals surface area contributed by atoms with Gasteiger partial charge < -0.3 is 20.0 Å². The van der Waals surface area contributed by atoms with Crippen molar-refractivity contribution in [3.63, 3.8) is 0 Å². The number of aryl methyl sites for hydroxylation is 1. The third-order valence-corrected chi connectivity index (χ3v) is 6.42. The molecule has 7 heteroatoms. The molecule has 31 heavy (non-hydrogen) atoms. The number of piperidine rings is 1. The van der Waals surface area contributed by atoms with E-state index in [9.17, 15) is 0 Å². The van der Waals surface area contributed by atoms with Crippen molar-refractivity contribution < 1.29 is 4.42 Å². The van der Waals surface area contributed by atoms with Crippen LogP contribution in [-0.4, -0.2) is 43.2 Å². The number of furan rings is 1. The lowest BCUT2D eigenvalue weighted by Gasteiger charge is -2.34. The van der Waals surface area contributed by atoms with Crippen LogP contribution in [-0.2, 0) is 12.8 Å². The Kier molecular flexibility index (Phi) is 7.60. The number of hydrogen-bond acceptors (Lipinski definition) is 5. The van der Waals surface area contributed by atoms with Crippen molar-refractivity contribution in [3.05, 3.63) is 70.4 Å². The van der Waals surface area contributed by atoms with Crippen molar-refractivity contribution in [2.24, 2.45) is 4.99 Å². The Labute approximate surface area is 188 Å². The van der Waals surface area contributed by atoms with Crippen molar-refractivity contribution in [2.75, 3.05) is 31.1 Å². The average Bonchev–Trinajstić information content (AvgIpc) is 3.49. The number of guanidine groups is 1. The Morgan fingerprint density at radius 2 is 2.06 bits per heavy atom. The van der Waals surface area contributed by atoms with Gasteiger partial charge in [-0.2, -0.15) is 0 Å². The van der Waals surface area contributed by atoms with Gasteiger partial charge in [0.05, 0.1) is 6.26 Å². The van der Waals surface area contributed by atoms with E-state index in [1.54, 1.807) is 17.6 Å². The molecule has 0 radical (unpaired) electrons. The van der Waals surface area contributed by atoms with Crippen LogP contribution in [0, 0.1) is 6.92 Å². The minimum Gasteiger partial charge on any atom is -0.469 e. The second-order valence-corrected chi connectivity index (χ2v) is 8.89. The first-order chi connectivity index (χ1) is 15.3. The highest BCUT2D eigenvalue weighted by Gasteiger charge is 2.21. The molecule has 1 aliphatic heterocycles. The third-order valence-electron chi connectivity index (χ3n) is 5.49. The van der Waals surface area contributed by atoms with Crippen LogP contribution in [0.15, 0.2) is 63.5 Å². The van der Waals surface area contributed by atoms with E-state index in [1.165, 1.54) is 4.88 Å². The Hall–Kier alpha value is -2.80. The molecule has 1 fully saturated rings. The maximum absolute atomic E-state index is 5.45. The Balaban J connectivity index is 1.30. The van der Waals surface area contributed by atoms with Crippen LogP contribution in [0.5, 0.6) is 0 Å². The van der Waals surface area contributed by atoms with Gasteiger partial charge in [0.1, 0.15) is 11.6 Å². The maximum Gasteiger partial charge on any atom is 0.191 e. The summed E-state index contributed by atoms with van der Waals surface area (Å²) in [7, 11) is 0. The average molecular weight is 438 g/mol. The van der Waals surface area contributed by atoms with E-state index in [2.05, 4.69) is 50.2 Å². The first-order valence-electron chi connectivity index (χ1n) is 11.0. The van der Waals surface area contributed by atoms with Gasteiger partial charge in [-0.3, -0.25) is 4.99 Å². The molecule has 3 aromatic heterocycles. The second kappa shape index (κ2) is 11.0. The number of anilines is 1. The van der Waals surface area contributed by atoms with E-state index >= 15 is 0 Å². The van der Waals surface area contributed by atoms with Gasteiger partial charge in [-0.05, 0) is 55.5 Å². The molecule has 0 aromatic carbocycles. The third kappa shape index (κ3) is 6.59. The summed E-state index contributed by atoms with van der Waals surface area (Å²) in [6.45, 7) is 5.63. The highest BCUT2D eigenvalue weighted by atomic mass is 32.1. The molecule has 0 spiro atoms. The monoisotopic (exact) mass is 437 g/mol. The lowest BCUT2D eigenvalue weighted by Crippen LogP contribution is -2.49. The van der Waals surface area contributed by atoms with E-state index in [4.69, 9.17) is 9.41 Å². The molecular weight excluding hydrogens is 406 g/mol. The smallest absolute Gasteiger partial charge is 0.191 e. The molecule has 6 nitrogen and oxygen atoms in total. The Morgan fingerprint density at radius 3 is 2.81 bits per heavy atom. The van der Waals surface area contributed by atoms with E-state index in [1.807, 2.05) is 25.1 Å². The van der Waals surface area contributed by atoms with Crippen LogP contribution < -0.4 is 15.5 Å². The Bertz CT molecular complexity index is 931. The second-order valence-electron chi connectivity index (χ2n) is 7.86. The van der Waals surface area contributed by atoms with Gasteiger partial charge in [-0.15, -0.1) is 11.3 Å². The molecule has 0 bridgehead atoms. The number of hydrogen-bond donors (Lipinski definition) is 2. The van der Waals surface area contributed by atoms with Gasteiger partial charge in [-0.25, -0.2) is 4.98 Å². The van der Waals surface area contributed by atoms with E-state index in [-0.39, 0.29) is 0 Å². The molecule has 0 unspecified atom stereocenters. The molecule has 3 aromatic rings. The zero-order valence-corrected chi connectivity index (χ0v) is 18.9. The van der Waals surface area contributed by atoms with Gasteiger partial charge in [0.2, 0.25) is 0 Å². The summed E-state index contributed by atoms with van der Waals surface area (Å²) < 4.78 is 5.45. The molecule has 1 aliphatic rings. The summed E-state index contributed by atoms with van der Waals surface area (Å²) in [6, 6.07) is 14.9. The molecule has 0 aliphatic carbocycles. The summed E-state index contributed by atoms with van der Waals surface area (Å²) >= 11 is 1.79. The molecule has 0 atom stereocenters. The minimum atomic E-state index is 0.414. The summed E-state index contributed by atoms with van der Waals surface area (Å²) in [5.74, 6) is 2.97. The Morgan fingerprint density at radius 1 is 1.16 bits per heavy atom. The lowest BCUT2D eigenvalue weighted by atomic mass is 10.1. The van der Waals surface area contributed by atoms with Gasteiger partial charge in [-0.1, -0.05) is 12.1 Å². The van der Waals surface area contributed by atoms with Crippen LogP contribution in [0.3, 0.4) is 0 Å². The first kappa shape index (κ1) is 21.4. The SMILES string of the molecule is Cc1cccc(N2CCC(NC(=NCCc3cccs3)NCCc3ccco3)CC2)n1. The number of aliphatic imine (C=N–C) groups is 1. The molecule has 0 saturated carbocycles. The summed E-state index contributed by atoms with van der Waals surface area (Å²) in [5.41, 5.74) is 1.07. The van der Waals surface area contributed by atoms with Crippen molar-refractivity contribution in [2.45, 2.75) is 38.6 Å². The number of pyridine rings is 1. The van der Waals surface area contributed by atoms with Crippen LogP contribution in [0.2, 0.25) is 0 Å². The first-order valence-corrected chi connectivity index (χ1v) is 11.9. The summed E-state index contributed by atoms with van der Waals surface area (Å²) in [5, 5.41) is 9.28. The molecule has 4 heterocycles. The quantitative estimate of drug-likeness (QED) is 0.411. The number of nitrogens with one attached hydrogen (secondary N) is 2. The topological polar surface area (TPSA) is 65.7 Å².